The Balaban J connectivity index is 2.58. The summed E-state index contributed by atoms with van der Waals surface area (Å²) in [6.45, 7) is 2.62. The van der Waals surface area contributed by atoms with E-state index in [0.717, 1.165) is 5.56 Å². The summed E-state index contributed by atoms with van der Waals surface area (Å²) < 4.78 is 0. The molecule has 0 bridgehead atoms. The van der Waals surface area contributed by atoms with Gasteiger partial charge in [-0.2, -0.15) is 4.89 Å². The van der Waals surface area contributed by atoms with Crippen LogP contribution in [-0.4, -0.2) is 17.9 Å². The fraction of sp³-hybridized carbons (Fsp3) is 0.333. The van der Waals surface area contributed by atoms with Crippen molar-refractivity contribution in [2.75, 3.05) is 0 Å². The van der Waals surface area contributed by atoms with Crippen LogP contribution in [0, 0.1) is 0 Å². The van der Waals surface area contributed by atoms with Crippen molar-refractivity contribution in [3.8, 4) is 0 Å². The first-order chi connectivity index (χ1) is 7.59. The Morgan fingerprint density at radius 2 is 1.81 bits per heavy atom. The van der Waals surface area contributed by atoms with Crippen molar-refractivity contribution in [1.29, 1.82) is 0 Å². The predicted molar refractivity (Wildman–Crippen MR) is 57.5 cm³/mol. The molecule has 1 atom stereocenters. The first kappa shape index (κ1) is 12.4. The van der Waals surface area contributed by atoms with E-state index in [1.807, 2.05) is 30.3 Å². The molecular weight excluding hydrogens is 208 g/mol. The molecule has 0 spiro atoms. The normalized spacial score (nSPS) is 11.9. The zero-order valence-corrected chi connectivity index (χ0v) is 9.30. The second-order valence-electron chi connectivity index (χ2n) is 3.46. The third kappa shape index (κ3) is 4.23. The largest absolute Gasteiger partial charge is 0.339 e. The lowest BCUT2D eigenvalue weighted by Crippen LogP contribution is -2.25. The molecular formula is C12H14O4. The van der Waals surface area contributed by atoms with Gasteiger partial charge in [0.1, 0.15) is 0 Å². The third-order valence-electron chi connectivity index (χ3n) is 2.00. The maximum absolute atomic E-state index is 11.2. The summed E-state index contributed by atoms with van der Waals surface area (Å²) >= 11 is 0. The Kier molecular flexibility index (Phi) is 4.66. The predicted octanol–water partition coefficient (Wildman–Crippen LogP) is 1.68. The molecule has 0 fully saturated rings. The van der Waals surface area contributed by atoms with Gasteiger partial charge in [-0.3, -0.25) is 9.68 Å². The molecule has 0 aliphatic heterocycles. The Morgan fingerprint density at radius 1 is 1.19 bits per heavy atom. The summed E-state index contributed by atoms with van der Waals surface area (Å²) in [5.41, 5.74) is 0.954. The number of hydrogen-bond acceptors (Lipinski definition) is 4. The van der Waals surface area contributed by atoms with E-state index in [9.17, 15) is 9.59 Å². The van der Waals surface area contributed by atoms with Crippen LogP contribution in [0.5, 0.6) is 0 Å². The minimum Gasteiger partial charge on any atom is -0.298 e. The molecule has 1 aromatic carbocycles. The highest BCUT2D eigenvalue weighted by Gasteiger charge is 2.18. The molecule has 86 valence electrons. The number of Topliss-reactive ketones (excluding diaryl/α,β-unsaturated/α-hetero) is 1. The Labute approximate surface area is 94.1 Å². The topological polar surface area (TPSA) is 52.6 Å². The van der Waals surface area contributed by atoms with Crippen LogP contribution in [0.1, 0.15) is 19.4 Å². The van der Waals surface area contributed by atoms with Crippen LogP contribution >= 0.6 is 0 Å². The molecule has 0 saturated heterocycles. The highest BCUT2D eigenvalue weighted by molar-refractivity contribution is 5.80. The van der Waals surface area contributed by atoms with E-state index in [1.54, 1.807) is 0 Å². The molecule has 1 rings (SSSR count). The number of ketones is 1. The molecule has 0 aliphatic carbocycles. The number of carbonyl (C=O) groups is 2. The molecule has 0 amide bonds. The maximum Gasteiger partial charge on any atom is 0.339 e. The molecule has 0 saturated carbocycles. The first-order valence-electron chi connectivity index (χ1n) is 4.98. The van der Waals surface area contributed by atoms with Crippen LogP contribution in [0.4, 0.5) is 0 Å². The van der Waals surface area contributed by atoms with Crippen molar-refractivity contribution in [2.45, 2.75) is 26.4 Å². The van der Waals surface area contributed by atoms with Crippen molar-refractivity contribution in [3.05, 3.63) is 35.9 Å². The molecule has 0 heterocycles. The van der Waals surface area contributed by atoms with Crippen molar-refractivity contribution in [1.82, 2.24) is 0 Å². The van der Waals surface area contributed by atoms with Crippen LogP contribution in [0.25, 0.3) is 0 Å². The van der Waals surface area contributed by atoms with Crippen LogP contribution < -0.4 is 0 Å². The monoisotopic (exact) mass is 222 g/mol. The maximum atomic E-state index is 11.2. The summed E-state index contributed by atoms with van der Waals surface area (Å²) in [6, 6.07) is 9.40. The average Bonchev–Trinajstić information content (AvgIpc) is 2.25. The van der Waals surface area contributed by atoms with E-state index in [2.05, 4.69) is 4.89 Å². The van der Waals surface area contributed by atoms with E-state index < -0.39 is 12.1 Å². The van der Waals surface area contributed by atoms with Crippen LogP contribution in [0.3, 0.4) is 0 Å². The highest BCUT2D eigenvalue weighted by atomic mass is 17.2. The van der Waals surface area contributed by atoms with E-state index in [-0.39, 0.29) is 5.78 Å². The zero-order valence-electron chi connectivity index (χ0n) is 9.30. The molecule has 0 aliphatic rings. The van der Waals surface area contributed by atoms with Gasteiger partial charge in [0, 0.05) is 13.3 Å². The molecule has 4 nitrogen and oxygen atoms in total. The smallest absolute Gasteiger partial charge is 0.298 e. The highest BCUT2D eigenvalue weighted by Crippen LogP contribution is 2.07. The first-order valence-corrected chi connectivity index (χ1v) is 4.98. The SMILES string of the molecule is CC(=O)OOC(Cc1ccccc1)C(C)=O. The van der Waals surface area contributed by atoms with Gasteiger partial charge in [0.05, 0.1) is 0 Å². The van der Waals surface area contributed by atoms with Gasteiger partial charge >= 0.3 is 5.97 Å². The summed E-state index contributed by atoms with van der Waals surface area (Å²) in [5.74, 6) is -0.746. The second-order valence-corrected chi connectivity index (χ2v) is 3.46. The molecule has 1 aromatic rings. The summed E-state index contributed by atoms with van der Waals surface area (Å²) in [5, 5.41) is 0. The summed E-state index contributed by atoms with van der Waals surface area (Å²) in [4.78, 5) is 31.0. The van der Waals surface area contributed by atoms with E-state index >= 15 is 0 Å². The molecule has 4 heteroatoms. The number of hydrogen-bond donors (Lipinski definition) is 0. The quantitative estimate of drug-likeness (QED) is 0.562. The minimum absolute atomic E-state index is 0.176. The van der Waals surface area contributed by atoms with Crippen molar-refractivity contribution >= 4 is 11.8 Å². The standard InChI is InChI=1S/C12H14O4/c1-9(13)12(16-15-10(2)14)8-11-6-4-3-5-7-11/h3-7,12H,8H2,1-2H3. The third-order valence-corrected chi connectivity index (χ3v) is 2.00. The number of benzene rings is 1. The van der Waals surface area contributed by atoms with Gasteiger partial charge in [0.25, 0.3) is 0 Å². The summed E-state index contributed by atoms with van der Waals surface area (Å²) in [6.07, 6.45) is -0.352. The van der Waals surface area contributed by atoms with E-state index in [1.165, 1.54) is 13.8 Å². The number of carbonyl (C=O) groups excluding carboxylic acids is 2. The fourth-order valence-corrected chi connectivity index (χ4v) is 1.20. The van der Waals surface area contributed by atoms with E-state index in [0.29, 0.717) is 6.42 Å². The molecule has 16 heavy (non-hydrogen) atoms. The van der Waals surface area contributed by atoms with Gasteiger partial charge in [-0.15, -0.1) is 0 Å². The molecule has 1 unspecified atom stereocenters. The van der Waals surface area contributed by atoms with Crippen LogP contribution in [-0.2, 0) is 25.8 Å². The van der Waals surface area contributed by atoms with Crippen LogP contribution in [0.15, 0.2) is 30.3 Å². The second kappa shape index (κ2) is 6.02. The lowest BCUT2D eigenvalue weighted by molar-refractivity contribution is -0.289. The summed E-state index contributed by atoms with van der Waals surface area (Å²) in [7, 11) is 0. The zero-order chi connectivity index (χ0) is 12.0. The van der Waals surface area contributed by atoms with Gasteiger partial charge < -0.3 is 0 Å². The van der Waals surface area contributed by atoms with Gasteiger partial charge in [0.2, 0.25) is 0 Å². The van der Waals surface area contributed by atoms with Gasteiger partial charge in [-0.25, -0.2) is 4.79 Å². The number of rotatable bonds is 5. The minimum atomic E-state index is -0.744. The van der Waals surface area contributed by atoms with Crippen LogP contribution in [0.2, 0.25) is 0 Å². The Bertz CT molecular complexity index is 359. The average molecular weight is 222 g/mol. The Morgan fingerprint density at radius 3 is 2.31 bits per heavy atom. The van der Waals surface area contributed by atoms with Gasteiger partial charge in [-0.1, -0.05) is 30.3 Å². The van der Waals surface area contributed by atoms with Gasteiger partial charge in [-0.05, 0) is 12.5 Å². The fourth-order valence-electron chi connectivity index (χ4n) is 1.20. The van der Waals surface area contributed by atoms with Crippen molar-refractivity contribution in [2.24, 2.45) is 0 Å². The molecule has 0 aromatic heterocycles. The molecule has 0 radical (unpaired) electrons. The van der Waals surface area contributed by atoms with Crippen molar-refractivity contribution in [3.63, 3.8) is 0 Å². The van der Waals surface area contributed by atoms with E-state index in [4.69, 9.17) is 4.89 Å². The van der Waals surface area contributed by atoms with Crippen molar-refractivity contribution < 1.29 is 19.4 Å². The molecule has 0 N–H and O–H groups in total. The Hall–Kier alpha value is -1.68. The lowest BCUT2D eigenvalue weighted by Gasteiger charge is -2.12. The van der Waals surface area contributed by atoms with Gasteiger partial charge in [0.15, 0.2) is 11.9 Å². The lowest BCUT2D eigenvalue weighted by atomic mass is 10.1.